The minimum absolute atomic E-state index is 0. The molecule has 27 heavy (non-hydrogen) atoms. The van der Waals surface area contributed by atoms with Gasteiger partial charge in [0, 0.05) is 39.9 Å². The highest BCUT2D eigenvalue weighted by Crippen LogP contribution is 2.16. The van der Waals surface area contributed by atoms with Crippen molar-refractivity contribution in [3.05, 3.63) is 47.8 Å². The summed E-state index contributed by atoms with van der Waals surface area (Å²) in [5.74, 6) is 0.835. The maximum absolute atomic E-state index is 12.5. The molecule has 1 aliphatic rings. The lowest BCUT2D eigenvalue weighted by atomic mass is 10.1. The Kier molecular flexibility index (Phi) is 7.64. The molecule has 1 aromatic carbocycles. The number of aliphatic imine (C=N–C) groups is 1. The number of nitrogens with one attached hydrogen (secondary N) is 1. The van der Waals surface area contributed by atoms with Crippen molar-refractivity contribution >= 4 is 41.5 Å². The van der Waals surface area contributed by atoms with E-state index < -0.39 is 0 Å². The van der Waals surface area contributed by atoms with Gasteiger partial charge >= 0.3 is 0 Å². The molecule has 0 aliphatic carbocycles. The summed E-state index contributed by atoms with van der Waals surface area (Å²) >= 11 is 0. The fourth-order valence-corrected chi connectivity index (χ4v) is 3.08. The van der Waals surface area contributed by atoms with Crippen LogP contribution >= 0.6 is 24.0 Å². The van der Waals surface area contributed by atoms with E-state index in [2.05, 4.69) is 46.6 Å². The van der Waals surface area contributed by atoms with Crippen LogP contribution in [0, 0.1) is 6.92 Å². The number of aromatic nitrogens is 2. The molecule has 3 rings (SSSR count). The van der Waals surface area contributed by atoms with Crippen molar-refractivity contribution in [2.75, 3.05) is 38.1 Å². The Labute approximate surface area is 177 Å². The van der Waals surface area contributed by atoms with Crippen molar-refractivity contribution in [2.45, 2.75) is 13.3 Å². The SMILES string of the molecule is CN=C(NCCc1ccc(C)cc1)N1CCN(c2cnn(C)c2)C(=O)C1.I. The van der Waals surface area contributed by atoms with Crippen molar-refractivity contribution in [3.8, 4) is 0 Å². The zero-order chi connectivity index (χ0) is 18.5. The third-order valence-electron chi connectivity index (χ3n) is 4.55. The molecule has 1 aromatic heterocycles. The van der Waals surface area contributed by atoms with Gasteiger partial charge in [0.05, 0.1) is 11.9 Å². The number of halogens is 1. The number of hydrogen-bond acceptors (Lipinski definition) is 3. The fourth-order valence-electron chi connectivity index (χ4n) is 3.08. The van der Waals surface area contributed by atoms with Crippen molar-refractivity contribution < 1.29 is 4.79 Å². The predicted molar refractivity (Wildman–Crippen MR) is 119 cm³/mol. The van der Waals surface area contributed by atoms with Gasteiger partial charge in [-0.1, -0.05) is 29.8 Å². The van der Waals surface area contributed by atoms with Crippen LogP contribution in [0.1, 0.15) is 11.1 Å². The summed E-state index contributed by atoms with van der Waals surface area (Å²) in [5, 5.41) is 7.51. The quantitative estimate of drug-likeness (QED) is 0.410. The number of guanidine groups is 1. The average molecular weight is 482 g/mol. The molecule has 0 radical (unpaired) electrons. The van der Waals surface area contributed by atoms with E-state index in [1.807, 2.05) is 18.1 Å². The van der Waals surface area contributed by atoms with Gasteiger partial charge in [0.25, 0.3) is 0 Å². The van der Waals surface area contributed by atoms with Crippen molar-refractivity contribution in [1.82, 2.24) is 20.0 Å². The van der Waals surface area contributed by atoms with Crippen LogP contribution in [-0.2, 0) is 18.3 Å². The molecule has 0 bridgehead atoms. The Balaban J connectivity index is 0.00000261. The van der Waals surface area contributed by atoms with Crippen LogP contribution in [0.4, 0.5) is 5.69 Å². The highest BCUT2D eigenvalue weighted by molar-refractivity contribution is 14.0. The first-order chi connectivity index (χ1) is 12.6. The number of carbonyl (C=O) groups excluding carboxylic acids is 1. The van der Waals surface area contributed by atoms with Gasteiger partial charge in [-0.2, -0.15) is 5.10 Å². The third-order valence-corrected chi connectivity index (χ3v) is 4.55. The van der Waals surface area contributed by atoms with Crippen LogP contribution in [0.2, 0.25) is 0 Å². The van der Waals surface area contributed by atoms with Crippen LogP contribution in [0.3, 0.4) is 0 Å². The number of hydrogen-bond donors (Lipinski definition) is 1. The maximum Gasteiger partial charge on any atom is 0.246 e. The lowest BCUT2D eigenvalue weighted by Gasteiger charge is -2.35. The van der Waals surface area contributed by atoms with Crippen molar-refractivity contribution in [1.29, 1.82) is 0 Å². The second-order valence-corrected chi connectivity index (χ2v) is 6.55. The Bertz CT molecular complexity index is 786. The molecule has 1 saturated heterocycles. The summed E-state index contributed by atoms with van der Waals surface area (Å²) < 4.78 is 1.71. The summed E-state index contributed by atoms with van der Waals surface area (Å²) in [5.41, 5.74) is 3.40. The summed E-state index contributed by atoms with van der Waals surface area (Å²) in [6.07, 6.45) is 4.51. The topological polar surface area (TPSA) is 65.8 Å². The first-order valence-corrected chi connectivity index (χ1v) is 8.87. The second kappa shape index (κ2) is 9.72. The van der Waals surface area contributed by atoms with Gasteiger partial charge in [0.2, 0.25) is 5.91 Å². The number of aryl methyl sites for hydroxylation is 2. The summed E-state index contributed by atoms with van der Waals surface area (Å²) in [6, 6.07) is 8.55. The lowest BCUT2D eigenvalue weighted by molar-refractivity contribution is -0.120. The summed E-state index contributed by atoms with van der Waals surface area (Å²) in [4.78, 5) is 20.6. The Morgan fingerprint density at radius 3 is 2.59 bits per heavy atom. The summed E-state index contributed by atoms with van der Waals surface area (Å²) in [6.45, 7) is 4.56. The normalized spacial score (nSPS) is 14.9. The molecule has 0 unspecified atom stereocenters. The molecule has 0 atom stereocenters. The summed E-state index contributed by atoms with van der Waals surface area (Å²) in [7, 11) is 3.61. The maximum atomic E-state index is 12.5. The largest absolute Gasteiger partial charge is 0.356 e. The number of piperazine rings is 1. The third kappa shape index (κ3) is 5.44. The van der Waals surface area contributed by atoms with Crippen molar-refractivity contribution in [2.24, 2.45) is 12.0 Å². The Morgan fingerprint density at radius 1 is 1.26 bits per heavy atom. The van der Waals surface area contributed by atoms with E-state index in [9.17, 15) is 4.79 Å². The fraction of sp³-hybridized carbons (Fsp3) is 0.421. The molecule has 2 aromatic rings. The molecule has 2 heterocycles. The second-order valence-electron chi connectivity index (χ2n) is 6.55. The highest BCUT2D eigenvalue weighted by Gasteiger charge is 2.27. The van der Waals surface area contributed by atoms with E-state index in [0.29, 0.717) is 13.1 Å². The van der Waals surface area contributed by atoms with Crippen LogP contribution in [0.25, 0.3) is 0 Å². The molecule has 146 valence electrons. The van der Waals surface area contributed by atoms with Crippen LogP contribution < -0.4 is 10.2 Å². The Morgan fingerprint density at radius 2 is 2.00 bits per heavy atom. The van der Waals surface area contributed by atoms with Crippen molar-refractivity contribution in [3.63, 3.8) is 0 Å². The van der Waals surface area contributed by atoms with Gasteiger partial charge in [-0.25, -0.2) is 0 Å². The monoisotopic (exact) mass is 482 g/mol. The highest BCUT2D eigenvalue weighted by atomic mass is 127. The number of rotatable bonds is 4. The van der Waals surface area contributed by atoms with E-state index in [-0.39, 0.29) is 29.9 Å². The zero-order valence-corrected chi connectivity index (χ0v) is 18.4. The Hall–Kier alpha value is -2.10. The average Bonchev–Trinajstić information content (AvgIpc) is 3.06. The molecular weight excluding hydrogens is 455 g/mol. The van der Waals surface area contributed by atoms with Gasteiger partial charge in [0.1, 0.15) is 6.54 Å². The van der Waals surface area contributed by atoms with E-state index in [4.69, 9.17) is 0 Å². The van der Waals surface area contributed by atoms with E-state index in [1.165, 1.54) is 11.1 Å². The first-order valence-electron chi connectivity index (χ1n) is 8.87. The van der Waals surface area contributed by atoms with Crippen LogP contribution in [-0.4, -0.2) is 59.8 Å². The van der Waals surface area contributed by atoms with Gasteiger partial charge in [-0.3, -0.25) is 14.5 Å². The number of nitrogens with zero attached hydrogens (tertiary/aromatic N) is 5. The molecule has 0 saturated carbocycles. The smallest absolute Gasteiger partial charge is 0.246 e. The zero-order valence-electron chi connectivity index (χ0n) is 16.1. The molecule has 1 N–H and O–H groups in total. The van der Waals surface area contributed by atoms with E-state index in [0.717, 1.165) is 31.2 Å². The predicted octanol–water partition coefficient (Wildman–Crippen LogP) is 1.81. The number of amides is 1. The standard InChI is InChI=1S/C19H26N6O.HI/c1-15-4-6-16(7-5-15)8-9-21-19(20-2)24-10-11-25(18(26)14-24)17-12-22-23(3)13-17;/h4-7,12-13H,8-11,14H2,1-3H3,(H,20,21);1H. The van der Waals surface area contributed by atoms with Gasteiger partial charge in [0.15, 0.2) is 5.96 Å². The molecule has 1 aliphatic heterocycles. The first kappa shape index (κ1) is 21.2. The molecule has 1 amide bonds. The van der Waals surface area contributed by atoms with Crippen LogP contribution in [0.5, 0.6) is 0 Å². The van der Waals surface area contributed by atoms with Gasteiger partial charge in [-0.05, 0) is 18.9 Å². The van der Waals surface area contributed by atoms with E-state index in [1.54, 1.807) is 22.8 Å². The van der Waals surface area contributed by atoms with E-state index >= 15 is 0 Å². The number of carbonyl (C=O) groups is 1. The minimum Gasteiger partial charge on any atom is -0.356 e. The molecule has 1 fully saturated rings. The van der Waals surface area contributed by atoms with Gasteiger partial charge in [-0.15, -0.1) is 24.0 Å². The number of benzene rings is 1. The van der Waals surface area contributed by atoms with Crippen LogP contribution in [0.15, 0.2) is 41.7 Å². The molecular formula is C19H27IN6O. The van der Waals surface area contributed by atoms with Gasteiger partial charge < -0.3 is 15.1 Å². The number of anilines is 1. The molecule has 0 spiro atoms. The lowest BCUT2D eigenvalue weighted by Crippen LogP contribution is -2.55. The molecule has 8 heteroatoms. The minimum atomic E-state index is 0. The molecule has 7 nitrogen and oxygen atoms in total.